The van der Waals surface area contributed by atoms with Crippen LogP contribution in [0.25, 0.3) is 10.2 Å². The maximum atomic E-state index is 11.6. The summed E-state index contributed by atoms with van der Waals surface area (Å²) in [4.78, 5) is 16.1. The number of para-hydroxylation sites is 1. The zero-order chi connectivity index (χ0) is 13.0. The average molecular weight is 280 g/mol. The first-order valence-electron chi connectivity index (χ1n) is 5.96. The predicted octanol–water partition coefficient (Wildman–Crippen LogP) is 3.16. The van der Waals surface area contributed by atoms with E-state index in [1.54, 1.807) is 23.1 Å². The first-order valence-corrected chi connectivity index (χ1v) is 7.77. The van der Waals surface area contributed by atoms with Crippen molar-refractivity contribution in [3.63, 3.8) is 0 Å². The van der Waals surface area contributed by atoms with Crippen molar-refractivity contribution in [3.05, 3.63) is 24.3 Å². The Balaban J connectivity index is 1.95. The molecule has 3 nitrogen and oxygen atoms in total. The molecular weight excluding hydrogens is 264 g/mol. The van der Waals surface area contributed by atoms with Crippen LogP contribution in [0, 0.1) is 5.92 Å². The summed E-state index contributed by atoms with van der Waals surface area (Å²) in [6, 6.07) is 8.10. The van der Waals surface area contributed by atoms with Gasteiger partial charge in [0.1, 0.15) is 0 Å². The number of hydrogen-bond donors (Lipinski definition) is 1. The highest BCUT2D eigenvalue weighted by molar-refractivity contribution is 8.01. The molecule has 2 aromatic rings. The maximum absolute atomic E-state index is 11.6. The Morgan fingerprint density at radius 2 is 2.28 bits per heavy atom. The van der Waals surface area contributed by atoms with Crippen molar-refractivity contribution in [1.82, 2.24) is 10.3 Å². The first-order chi connectivity index (χ1) is 8.70. The molecule has 1 heterocycles. The van der Waals surface area contributed by atoms with E-state index < -0.39 is 0 Å². The van der Waals surface area contributed by atoms with Crippen LogP contribution in [0.1, 0.15) is 13.8 Å². The number of nitrogens with one attached hydrogen (secondary N) is 1. The summed E-state index contributed by atoms with van der Waals surface area (Å²) in [6.07, 6.45) is 0. The monoisotopic (exact) mass is 280 g/mol. The van der Waals surface area contributed by atoms with Crippen molar-refractivity contribution in [1.29, 1.82) is 0 Å². The summed E-state index contributed by atoms with van der Waals surface area (Å²) in [5, 5.41) is 2.84. The fourth-order valence-corrected chi connectivity index (χ4v) is 3.65. The fourth-order valence-electron chi connectivity index (χ4n) is 1.53. The van der Waals surface area contributed by atoms with E-state index in [-0.39, 0.29) is 11.8 Å². The number of fused-ring (bicyclic) bond motifs is 1. The summed E-state index contributed by atoms with van der Waals surface area (Å²) in [5.74, 6) is 0.902. The minimum absolute atomic E-state index is 0.0157. The predicted molar refractivity (Wildman–Crippen MR) is 78.2 cm³/mol. The number of thioether (sulfide) groups is 1. The van der Waals surface area contributed by atoms with E-state index in [4.69, 9.17) is 0 Å². The molecule has 1 N–H and O–H groups in total. The van der Waals surface area contributed by atoms with E-state index in [1.165, 1.54) is 4.70 Å². The Bertz CT molecular complexity index is 506. The van der Waals surface area contributed by atoms with Gasteiger partial charge in [0.15, 0.2) is 4.34 Å². The van der Waals surface area contributed by atoms with E-state index in [0.717, 1.165) is 15.6 Å². The highest BCUT2D eigenvalue weighted by atomic mass is 32.2. The highest BCUT2D eigenvalue weighted by Gasteiger charge is 2.13. The molecule has 1 unspecified atom stereocenters. The maximum Gasteiger partial charge on any atom is 0.223 e. The lowest BCUT2D eigenvalue weighted by Crippen LogP contribution is -2.29. The Labute approximate surface area is 115 Å². The van der Waals surface area contributed by atoms with Crippen LogP contribution in [0.15, 0.2) is 28.6 Å². The normalized spacial score (nSPS) is 12.6. The van der Waals surface area contributed by atoms with Crippen LogP contribution in [0.2, 0.25) is 0 Å². The second-order valence-electron chi connectivity index (χ2n) is 4.05. The smallest absolute Gasteiger partial charge is 0.223 e. The molecule has 0 fully saturated rings. The molecule has 0 saturated carbocycles. The van der Waals surface area contributed by atoms with Gasteiger partial charge in [-0.3, -0.25) is 4.79 Å². The van der Waals surface area contributed by atoms with Crippen molar-refractivity contribution in [3.8, 4) is 0 Å². The van der Waals surface area contributed by atoms with Crippen molar-refractivity contribution < 1.29 is 4.79 Å². The van der Waals surface area contributed by atoms with Gasteiger partial charge < -0.3 is 5.32 Å². The minimum Gasteiger partial charge on any atom is -0.356 e. The fraction of sp³-hybridized carbons (Fsp3) is 0.385. The Morgan fingerprint density at radius 1 is 1.50 bits per heavy atom. The van der Waals surface area contributed by atoms with Crippen LogP contribution >= 0.6 is 23.1 Å². The molecular formula is C13H16N2OS2. The van der Waals surface area contributed by atoms with E-state index in [2.05, 4.69) is 16.4 Å². The number of rotatable bonds is 5. The average Bonchev–Trinajstić information content (AvgIpc) is 2.78. The number of carbonyl (C=O) groups excluding carboxylic acids is 1. The van der Waals surface area contributed by atoms with Gasteiger partial charge in [-0.25, -0.2) is 4.98 Å². The lowest BCUT2D eigenvalue weighted by atomic mass is 10.2. The molecule has 0 bridgehead atoms. The van der Waals surface area contributed by atoms with Gasteiger partial charge in [-0.2, -0.15) is 0 Å². The van der Waals surface area contributed by atoms with Crippen molar-refractivity contribution >= 4 is 39.2 Å². The van der Waals surface area contributed by atoms with Gasteiger partial charge in [0.25, 0.3) is 0 Å². The van der Waals surface area contributed by atoms with Crippen LogP contribution in [-0.2, 0) is 4.79 Å². The summed E-state index contributed by atoms with van der Waals surface area (Å²) >= 11 is 3.34. The van der Waals surface area contributed by atoms with Crippen LogP contribution < -0.4 is 5.32 Å². The largest absolute Gasteiger partial charge is 0.356 e. The first kappa shape index (κ1) is 13.4. The van der Waals surface area contributed by atoms with Crippen LogP contribution in [0.4, 0.5) is 0 Å². The SMILES string of the molecule is CCNC(=O)C(C)CSc1nc2ccccc2s1. The molecule has 1 amide bonds. The second kappa shape index (κ2) is 6.20. The summed E-state index contributed by atoms with van der Waals surface area (Å²) in [5.41, 5.74) is 1.04. The van der Waals surface area contributed by atoms with Crippen molar-refractivity contribution in [2.24, 2.45) is 5.92 Å². The van der Waals surface area contributed by atoms with Crippen molar-refractivity contribution in [2.45, 2.75) is 18.2 Å². The van der Waals surface area contributed by atoms with Gasteiger partial charge in [-0.05, 0) is 19.1 Å². The van der Waals surface area contributed by atoms with E-state index in [9.17, 15) is 4.79 Å². The molecule has 5 heteroatoms. The van der Waals surface area contributed by atoms with Gasteiger partial charge in [-0.1, -0.05) is 30.8 Å². The minimum atomic E-state index is 0.0157. The molecule has 2 rings (SSSR count). The molecule has 96 valence electrons. The third-order valence-electron chi connectivity index (χ3n) is 2.53. The standard InChI is InChI=1S/C13H16N2OS2/c1-3-14-12(16)9(2)8-17-13-15-10-6-4-5-7-11(10)18-13/h4-7,9H,3,8H2,1-2H3,(H,14,16). The number of hydrogen-bond acceptors (Lipinski definition) is 4. The Morgan fingerprint density at radius 3 is 3.00 bits per heavy atom. The van der Waals surface area contributed by atoms with Gasteiger partial charge in [0.05, 0.1) is 10.2 Å². The molecule has 0 aliphatic heterocycles. The zero-order valence-electron chi connectivity index (χ0n) is 10.5. The molecule has 0 saturated heterocycles. The molecule has 0 radical (unpaired) electrons. The summed E-state index contributed by atoms with van der Waals surface area (Å²) in [7, 11) is 0. The second-order valence-corrected chi connectivity index (χ2v) is 6.35. The van der Waals surface area contributed by atoms with Crippen LogP contribution in [0.5, 0.6) is 0 Å². The molecule has 18 heavy (non-hydrogen) atoms. The molecule has 1 atom stereocenters. The molecule has 0 aliphatic rings. The Hall–Kier alpha value is -1.07. The van der Waals surface area contributed by atoms with Gasteiger partial charge in [-0.15, -0.1) is 11.3 Å². The number of carbonyl (C=O) groups is 1. The molecule has 0 spiro atoms. The lowest BCUT2D eigenvalue weighted by molar-refractivity contribution is -0.123. The molecule has 1 aromatic carbocycles. The number of thiazole rings is 1. The lowest BCUT2D eigenvalue weighted by Gasteiger charge is -2.08. The third kappa shape index (κ3) is 3.23. The number of amides is 1. The van der Waals surface area contributed by atoms with E-state index in [1.807, 2.05) is 32.0 Å². The number of aromatic nitrogens is 1. The van der Waals surface area contributed by atoms with Gasteiger partial charge >= 0.3 is 0 Å². The van der Waals surface area contributed by atoms with Crippen molar-refractivity contribution in [2.75, 3.05) is 12.3 Å². The van der Waals surface area contributed by atoms with E-state index >= 15 is 0 Å². The number of benzene rings is 1. The quantitative estimate of drug-likeness (QED) is 0.855. The third-order valence-corrected chi connectivity index (χ3v) is 4.97. The van der Waals surface area contributed by atoms with Gasteiger partial charge in [0.2, 0.25) is 5.91 Å². The van der Waals surface area contributed by atoms with Crippen LogP contribution in [-0.4, -0.2) is 23.2 Å². The summed E-state index contributed by atoms with van der Waals surface area (Å²) < 4.78 is 2.23. The highest BCUT2D eigenvalue weighted by Crippen LogP contribution is 2.30. The zero-order valence-corrected chi connectivity index (χ0v) is 12.1. The molecule has 1 aromatic heterocycles. The Kier molecular flexibility index (Phi) is 4.60. The van der Waals surface area contributed by atoms with Crippen LogP contribution in [0.3, 0.4) is 0 Å². The van der Waals surface area contributed by atoms with Gasteiger partial charge in [0, 0.05) is 18.2 Å². The topological polar surface area (TPSA) is 42.0 Å². The number of nitrogens with zero attached hydrogens (tertiary/aromatic N) is 1. The summed E-state index contributed by atoms with van der Waals surface area (Å²) in [6.45, 7) is 4.58. The van der Waals surface area contributed by atoms with E-state index in [0.29, 0.717) is 6.54 Å². The molecule has 0 aliphatic carbocycles.